The van der Waals surface area contributed by atoms with Gasteiger partial charge in [0.25, 0.3) is 5.91 Å². The van der Waals surface area contributed by atoms with Crippen LogP contribution in [0.1, 0.15) is 85.2 Å². The molecule has 10 heteroatoms. The molecule has 242 valence electrons. The maximum absolute atomic E-state index is 13.8. The molecule has 3 saturated heterocycles. The molecule has 4 atom stereocenters. The summed E-state index contributed by atoms with van der Waals surface area (Å²) >= 11 is 0. The number of aromatic nitrogens is 2. The Bertz CT molecular complexity index is 1340. The molecular weight excluding hydrogens is 568 g/mol. The monoisotopic (exact) mass is 616 g/mol. The number of nitrogens with zero attached hydrogens (tertiary/aromatic N) is 5. The molecule has 0 bridgehead atoms. The highest BCUT2D eigenvalue weighted by molar-refractivity contribution is 5.96. The van der Waals surface area contributed by atoms with E-state index in [1.54, 1.807) is 0 Å². The normalized spacial score (nSPS) is 24.2. The van der Waals surface area contributed by atoms with E-state index in [2.05, 4.69) is 22.3 Å². The zero-order valence-corrected chi connectivity index (χ0v) is 27.0. The second-order valence-corrected chi connectivity index (χ2v) is 13.4. The van der Waals surface area contributed by atoms with Gasteiger partial charge in [0.05, 0.1) is 29.6 Å². The van der Waals surface area contributed by atoms with Gasteiger partial charge in [-0.1, -0.05) is 43.2 Å². The van der Waals surface area contributed by atoms with Gasteiger partial charge in [0.2, 0.25) is 11.9 Å². The summed E-state index contributed by atoms with van der Waals surface area (Å²) in [6.45, 7) is 10.9. The van der Waals surface area contributed by atoms with E-state index in [0.29, 0.717) is 47.9 Å². The third-order valence-corrected chi connectivity index (χ3v) is 10.4. The standard InChI is InChI=1S/C35H48N6O4/c1-4-45-34(44)30-15-10-17-41(30)35-36-23(2)31(24(3)37-35)33(43)40-21-27-19-39(20-28(27)22-40)18-16-29(25-11-6-5-7-12-25)38-32(42)26-13-8-9-14-26/h5-7,11-12,26-30H,4,8-10,13-22H2,1-3H3,(H,38,42)/t27?,28?,29-,30?/m0/s1. The van der Waals surface area contributed by atoms with Gasteiger partial charge < -0.3 is 24.8 Å². The van der Waals surface area contributed by atoms with Gasteiger partial charge in [0.15, 0.2) is 0 Å². The van der Waals surface area contributed by atoms with Crippen molar-refractivity contribution < 1.29 is 19.1 Å². The molecular formula is C35H48N6O4. The number of esters is 1. The number of carbonyl (C=O) groups is 3. The number of anilines is 1. The molecule has 0 spiro atoms. The molecule has 1 aromatic carbocycles. The van der Waals surface area contributed by atoms with Crippen LogP contribution in [-0.4, -0.2) is 89.5 Å². The molecule has 1 saturated carbocycles. The number of hydrogen-bond acceptors (Lipinski definition) is 8. The van der Waals surface area contributed by atoms with E-state index < -0.39 is 0 Å². The molecule has 1 aromatic heterocycles. The van der Waals surface area contributed by atoms with Crippen molar-refractivity contribution in [3.63, 3.8) is 0 Å². The lowest BCUT2D eigenvalue weighted by Gasteiger charge is -2.26. The summed E-state index contributed by atoms with van der Waals surface area (Å²) in [5.41, 5.74) is 3.05. The highest BCUT2D eigenvalue weighted by Crippen LogP contribution is 2.34. The number of benzene rings is 1. The van der Waals surface area contributed by atoms with E-state index in [1.807, 2.05) is 48.8 Å². The molecule has 6 rings (SSSR count). The second-order valence-electron chi connectivity index (χ2n) is 13.4. The number of fused-ring (bicyclic) bond motifs is 1. The van der Waals surface area contributed by atoms with E-state index in [-0.39, 0.29) is 35.8 Å². The van der Waals surface area contributed by atoms with Crippen LogP contribution in [0.2, 0.25) is 0 Å². The Morgan fingerprint density at radius 1 is 0.933 bits per heavy atom. The average molecular weight is 617 g/mol. The summed E-state index contributed by atoms with van der Waals surface area (Å²) in [5.74, 6) is 1.49. The minimum Gasteiger partial charge on any atom is -0.464 e. The molecule has 1 aliphatic carbocycles. The molecule has 1 N–H and O–H groups in total. The van der Waals surface area contributed by atoms with Crippen LogP contribution in [0.4, 0.5) is 5.95 Å². The summed E-state index contributed by atoms with van der Waals surface area (Å²) in [6, 6.07) is 9.98. The number of amides is 2. The lowest BCUT2D eigenvalue weighted by atomic mass is 10.0. The number of rotatable bonds is 10. The van der Waals surface area contributed by atoms with Crippen LogP contribution >= 0.6 is 0 Å². The molecule has 10 nitrogen and oxygen atoms in total. The number of aryl methyl sites for hydroxylation is 2. The van der Waals surface area contributed by atoms with Crippen molar-refractivity contribution in [1.82, 2.24) is 25.1 Å². The molecule has 3 unspecified atom stereocenters. The fourth-order valence-corrected chi connectivity index (χ4v) is 8.02. The van der Waals surface area contributed by atoms with Crippen molar-refractivity contribution >= 4 is 23.7 Å². The quantitative estimate of drug-likeness (QED) is 0.398. The van der Waals surface area contributed by atoms with Crippen molar-refractivity contribution in [3.8, 4) is 0 Å². The summed E-state index contributed by atoms with van der Waals surface area (Å²) in [7, 11) is 0. The molecule has 0 radical (unpaired) electrons. The Morgan fingerprint density at radius 2 is 1.60 bits per heavy atom. The van der Waals surface area contributed by atoms with Gasteiger partial charge in [-0.05, 0) is 70.3 Å². The van der Waals surface area contributed by atoms with Crippen molar-refractivity contribution in [1.29, 1.82) is 0 Å². The Kier molecular flexibility index (Phi) is 9.68. The second kappa shape index (κ2) is 13.8. The highest BCUT2D eigenvalue weighted by atomic mass is 16.5. The first-order valence-electron chi connectivity index (χ1n) is 17.0. The number of carbonyl (C=O) groups excluding carboxylic acids is 3. The maximum Gasteiger partial charge on any atom is 0.328 e. The summed E-state index contributed by atoms with van der Waals surface area (Å²) in [4.78, 5) is 55.1. The van der Waals surface area contributed by atoms with Crippen LogP contribution in [0, 0.1) is 31.6 Å². The Hall–Kier alpha value is -3.53. The summed E-state index contributed by atoms with van der Waals surface area (Å²) < 4.78 is 5.28. The summed E-state index contributed by atoms with van der Waals surface area (Å²) in [6.07, 6.45) is 6.78. The number of ether oxygens (including phenoxy) is 1. The molecule has 2 aromatic rings. The first-order valence-corrected chi connectivity index (χ1v) is 17.0. The first-order chi connectivity index (χ1) is 21.8. The fraction of sp³-hybridized carbons (Fsp3) is 0.629. The topological polar surface area (TPSA) is 108 Å². The third-order valence-electron chi connectivity index (χ3n) is 10.4. The van der Waals surface area contributed by atoms with Gasteiger partial charge >= 0.3 is 5.97 Å². The largest absolute Gasteiger partial charge is 0.464 e. The predicted molar refractivity (Wildman–Crippen MR) is 172 cm³/mol. The van der Waals surface area contributed by atoms with Crippen LogP contribution in [0.25, 0.3) is 0 Å². The number of hydrogen-bond donors (Lipinski definition) is 1. The first kappa shape index (κ1) is 31.5. The SMILES string of the molecule is CCOC(=O)C1CCCN1c1nc(C)c(C(=O)N2CC3CN(CC[C@H](NC(=O)C4CCCC4)c4ccccc4)CC3C2)c(C)n1. The minimum absolute atomic E-state index is 0.000341. The van der Waals surface area contributed by atoms with E-state index in [4.69, 9.17) is 14.7 Å². The van der Waals surface area contributed by atoms with Gasteiger partial charge in [0.1, 0.15) is 6.04 Å². The fourth-order valence-electron chi connectivity index (χ4n) is 8.02. The molecule has 4 aliphatic rings. The van der Waals surface area contributed by atoms with Crippen molar-refractivity contribution in [3.05, 3.63) is 52.8 Å². The van der Waals surface area contributed by atoms with Crippen molar-refractivity contribution in [2.24, 2.45) is 17.8 Å². The zero-order valence-electron chi connectivity index (χ0n) is 27.0. The van der Waals surface area contributed by atoms with Crippen LogP contribution in [0.3, 0.4) is 0 Å². The highest BCUT2D eigenvalue weighted by Gasteiger charge is 2.42. The van der Waals surface area contributed by atoms with E-state index in [9.17, 15) is 14.4 Å². The third kappa shape index (κ3) is 6.86. The molecule has 3 aliphatic heterocycles. The minimum atomic E-state index is -0.377. The van der Waals surface area contributed by atoms with Crippen LogP contribution in [-0.2, 0) is 14.3 Å². The molecule has 45 heavy (non-hydrogen) atoms. The predicted octanol–water partition coefficient (Wildman–Crippen LogP) is 4.07. The molecule has 4 heterocycles. The van der Waals surface area contributed by atoms with E-state index in [0.717, 1.165) is 77.7 Å². The lowest BCUT2D eigenvalue weighted by Crippen LogP contribution is -2.39. The van der Waals surface area contributed by atoms with Crippen molar-refractivity contribution in [2.45, 2.75) is 77.8 Å². The van der Waals surface area contributed by atoms with Gasteiger partial charge in [-0.2, -0.15) is 0 Å². The summed E-state index contributed by atoms with van der Waals surface area (Å²) in [5, 5.41) is 3.38. The van der Waals surface area contributed by atoms with Crippen LogP contribution in [0.15, 0.2) is 30.3 Å². The smallest absolute Gasteiger partial charge is 0.328 e. The van der Waals surface area contributed by atoms with Crippen molar-refractivity contribution in [2.75, 3.05) is 50.8 Å². The number of nitrogens with one attached hydrogen (secondary N) is 1. The van der Waals surface area contributed by atoms with Gasteiger partial charge in [-0.3, -0.25) is 9.59 Å². The Balaban J connectivity index is 1.05. The van der Waals surface area contributed by atoms with Crippen LogP contribution in [0.5, 0.6) is 0 Å². The lowest BCUT2D eigenvalue weighted by molar-refractivity contribution is -0.144. The number of likely N-dealkylation sites (tertiary alicyclic amines) is 2. The molecule has 4 fully saturated rings. The van der Waals surface area contributed by atoms with Gasteiger partial charge in [0, 0.05) is 45.2 Å². The van der Waals surface area contributed by atoms with E-state index in [1.165, 1.54) is 5.56 Å². The average Bonchev–Trinajstić information content (AvgIpc) is 3.84. The van der Waals surface area contributed by atoms with Gasteiger partial charge in [-0.15, -0.1) is 0 Å². The molecule has 2 amide bonds. The zero-order chi connectivity index (χ0) is 31.5. The van der Waals surface area contributed by atoms with Crippen LogP contribution < -0.4 is 10.2 Å². The maximum atomic E-state index is 13.8. The Morgan fingerprint density at radius 3 is 2.24 bits per heavy atom. The van der Waals surface area contributed by atoms with Gasteiger partial charge in [-0.25, -0.2) is 14.8 Å². The Labute approximate surface area is 266 Å². The van der Waals surface area contributed by atoms with E-state index >= 15 is 0 Å².